The van der Waals surface area contributed by atoms with Crippen LogP contribution in [-0.2, 0) is 23.7 Å². The number of hydrogen-bond donors (Lipinski definition) is 2. The monoisotopic (exact) mass is 473 g/mol. The Morgan fingerprint density at radius 3 is 2.00 bits per heavy atom. The molecular formula is C26H51NO6. The van der Waals surface area contributed by atoms with Crippen molar-refractivity contribution in [2.75, 3.05) is 39.5 Å². The maximum atomic E-state index is 11.4. The van der Waals surface area contributed by atoms with Crippen LogP contribution in [0.5, 0.6) is 0 Å². The molecule has 2 atom stereocenters. The number of hydrogen-bond acceptors (Lipinski definition) is 7. The Kier molecular flexibility index (Phi) is 19.8. The number of carbonyl (C=O) groups excluding carboxylic acids is 1. The lowest BCUT2D eigenvalue weighted by atomic mass is 9.92. The van der Waals surface area contributed by atoms with Crippen molar-refractivity contribution in [1.82, 2.24) is 5.32 Å². The van der Waals surface area contributed by atoms with Gasteiger partial charge in [-0.2, -0.15) is 0 Å². The highest BCUT2D eigenvalue weighted by Crippen LogP contribution is 2.34. The van der Waals surface area contributed by atoms with Crippen molar-refractivity contribution in [2.45, 2.75) is 104 Å². The molecule has 0 aliphatic carbocycles. The summed E-state index contributed by atoms with van der Waals surface area (Å²) in [6.45, 7) is 15.9. The average molecular weight is 474 g/mol. The van der Waals surface area contributed by atoms with Crippen LogP contribution in [0.1, 0.15) is 92.4 Å². The summed E-state index contributed by atoms with van der Waals surface area (Å²) >= 11 is 0. The summed E-state index contributed by atoms with van der Waals surface area (Å²) < 4.78 is 23.2. The highest BCUT2D eigenvalue weighted by molar-refractivity contribution is 5.86. The van der Waals surface area contributed by atoms with Crippen LogP contribution < -0.4 is 5.32 Å². The molecule has 2 unspecified atom stereocenters. The third-order valence-electron chi connectivity index (χ3n) is 5.48. The molecule has 0 saturated carbocycles. The first kappa shape index (κ1) is 32.0. The number of aliphatic hydroxyl groups is 1. The third kappa shape index (κ3) is 14.8. The maximum Gasteiger partial charge on any atom is 0.333 e. The first-order chi connectivity index (χ1) is 15.9. The zero-order chi connectivity index (χ0) is 25.0. The summed E-state index contributed by atoms with van der Waals surface area (Å²) in [5, 5.41) is 13.2. The zero-order valence-corrected chi connectivity index (χ0v) is 22.0. The first-order valence-corrected chi connectivity index (χ1v) is 13.0. The van der Waals surface area contributed by atoms with Crippen LogP contribution in [0.3, 0.4) is 0 Å². The SMILES string of the molecule is C=C(C)C(=O)OCC(O)CNCCCC(CCCCCCCC)C(OCC)(OCC)OCC. The van der Waals surface area contributed by atoms with E-state index in [-0.39, 0.29) is 12.5 Å². The molecule has 0 aromatic carbocycles. The molecule has 0 aromatic rings. The average Bonchev–Trinajstić information content (AvgIpc) is 2.78. The van der Waals surface area contributed by atoms with E-state index in [1.165, 1.54) is 32.1 Å². The van der Waals surface area contributed by atoms with E-state index in [2.05, 4.69) is 18.8 Å². The normalized spacial score (nSPS) is 13.6. The van der Waals surface area contributed by atoms with Gasteiger partial charge in [0.25, 0.3) is 5.97 Å². The molecular weight excluding hydrogens is 422 g/mol. The molecule has 0 fully saturated rings. The van der Waals surface area contributed by atoms with E-state index in [1.807, 2.05) is 20.8 Å². The quantitative estimate of drug-likeness (QED) is 0.0938. The molecule has 0 aliphatic heterocycles. The smallest absolute Gasteiger partial charge is 0.333 e. The Bertz CT molecular complexity index is 482. The Balaban J connectivity index is 4.71. The molecule has 7 nitrogen and oxygen atoms in total. The van der Waals surface area contributed by atoms with Gasteiger partial charge in [-0.05, 0) is 53.5 Å². The first-order valence-electron chi connectivity index (χ1n) is 13.0. The molecule has 0 spiro atoms. The summed E-state index contributed by atoms with van der Waals surface area (Å²) in [6.07, 6.45) is 9.48. The van der Waals surface area contributed by atoms with Crippen LogP contribution in [0.15, 0.2) is 12.2 Å². The number of nitrogens with one attached hydrogen (secondary N) is 1. The van der Waals surface area contributed by atoms with Crippen LogP contribution in [0.2, 0.25) is 0 Å². The summed E-state index contributed by atoms with van der Waals surface area (Å²) in [7, 11) is 0. The van der Waals surface area contributed by atoms with E-state index in [0.29, 0.717) is 31.9 Å². The maximum absolute atomic E-state index is 11.4. The molecule has 0 saturated heterocycles. The fourth-order valence-electron chi connectivity index (χ4n) is 3.85. The highest BCUT2D eigenvalue weighted by atomic mass is 16.9. The lowest BCUT2D eigenvalue weighted by Crippen LogP contribution is -2.47. The number of ether oxygens (including phenoxy) is 4. The Morgan fingerprint density at radius 1 is 0.909 bits per heavy atom. The predicted molar refractivity (Wildman–Crippen MR) is 133 cm³/mol. The van der Waals surface area contributed by atoms with Crippen LogP contribution in [0, 0.1) is 5.92 Å². The van der Waals surface area contributed by atoms with Crippen molar-refractivity contribution in [2.24, 2.45) is 5.92 Å². The van der Waals surface area contributed by atoms with Gasteiger partial charge in [-0.1, -0.05) is 52.0 Å². The van der Waals surface area contributed by atoms with Gasteiger partial charge >= 0.3 is 5.97 Å². The van der Waals surface area contributed by atoms with E-state index in [9.17, 15) is 9.90 Å². The van der Waals surface area contributed by atoms with Gasteiger partial charge in [-0.25, -0.2) is 4.79 Å². The molecule has 2 N–H and O–H groups in total. The Hall–Kier alpha value is -0.990. The second-order valence-corrected chi connectivity index (χ2v) is 8.53. The fraction of sp³-hybridized carbons (Fsp3) is 0.885. The van der Waals surface area contributed by atoms with Gasteiger partial charge in [0.2, 0.25) is 0 Å². The van der Waals surface area contributed by atoms with E-state index in [4.69, 9.17) is 18.9 Å². The second kappa shape index (κ2) is 20.4. The van der Waals surface area contributed by atoms with Gasteiger partial charge in [-0.15, -0.1) is 0 Å². The minimum atomic E-state index is -1.00. The lowest BCUT2D eigenvalue weighted by Gasteiger charge is -2.39. The summed E-state index contributed by atoms with van der Waals surface area (Å²) in [5.74, 6) is -1.35. The van der Waals surface area contributed by atoms with Gasteiger partial charge in [0.15, 0.2) is 0 Å². The minimum Gasteiger partial charge on any atom is -0.460 e. The van der Waals surface area contributed by atoms with Crippen LogP contribution in [-0.4, -0.2) is 62.7 Å². The largest absolute Gasteiger partial charge is 0.460 e. The number of aliphatic hydroxyl groups excluding tert-OH is 1. The molecule has 0 bridgehead atoms. The Morgan fingerprint density at radius 2 is 1.45 bits per heavy atom. The summed E-state index contributed by atoms with van der Waals surface area (Å²) in [5.41, 5.74) is 0.327. The molecule has 0 amide bonds. The van der Waals surface area contributed by atoms with Crippen LogP contribution in [0.25, 0.3) is 0 Å². The molecule has 0 radical (unpaired) electrons. The van der Waals surface area contributed by atoms with Gasteiger partial charge in [0, 0.05) is 37.9 Å². The van der Waals surface area contributed by atoms with Crippen molar-refractivity contribution in [3.63, 3.8) is 0 Å². The van der Waals surface area contributed by atoms with E-state index >= 15 is 0 Å². The second-order valence-electron chi connectivity index (χ2n) is 8.53. The zero-order valence-electron chi connectivity index (χ0n) is 22.0. The van der Waals surface area contributed by atoms with Crippen molar-refractivity contribution in [3.05, 3.63) is 12.2 Å². The van der Waals surface area contributed by atoms with Crippen LogP contribution in [0.4, 0.5) is 0 Å². The van der Waals surface area contributed by atoms with Crippen molar-refractivity contribution in [1.29, 1.82) is 0 Å². The van der Waals surface area contributed by atoms with Gasteiger partial charge in [0.1, 0.15) is 12.7 Å². The minimum absolute atomic E-state index is 0.0402. The van der Waals surface area contributed by atoms with Crippen molar-refractivity contribution >= 4 is 5.97 Å². The Labute approximate surface area is 202 Å². The summed E-state index contributed by atoms with van der Waals surface area (Å²) in [4.78, 5) is 11.4. The fourth-order valence-corrected chi connectivity index (χ4v) is 3.85. The highest BCUT2D eigenvalue weighted by Gasteiger charge is 2.41. The molecule has 0 heterocycles. The number of carbonyl (C=O) groups is 1. The van der Waals surface area contributed by atoms with E-state index in [0.717, 1.165) is 32.2 Å². The number of rotatable bonds is 23. The predicted octanol–water partition coefficient (Wildman–Crippen LogP) is 4.97. The molecule has 0 aromatic heterocycles. The summed E-state index contributed by atoms with van der Waals surface area (Å²) in [6, 6.07) is 0. The number of esters is 1. The van der Waals surface area contributed by atoms with Crippen molar-refractivity contribution < 1.29 is 28.8 Å². The van der Waals surface area contributed by atoms with E-state index in [1.54, 1.807) is 6.92 Å². The molecule has 33 heavy (non-hydrogen) atoms. The molecule has 0 aliphatic rings. The van der Waals surface area contributed by atoms with E-state index < -0.39 is 18.0 Å². The van der Waals surface area contributed by atoms with Gasteiger partial charge in [0.05, 0.1) is 0 Å². The topological polar surface area (TPSA) is 86.3 Å². The standard InChI is InChI=1S/C26H51NO6/c1-7-11-12-13-14-15-17-23(26(31-8-2,32-9-3)33-10-4)18-16-19-27-20-24(28)21-30-25(29)22(5)6/h23-24,27-28H,5,7-21H2,1-4,6H3. The molecule has 7 heteroatoms. The number of unbranched alkanes of at least 4 members (excludes halogenated alkanes) is 5. The van der Waals surface area contributed by atoms with Gasteiger partial charge < -0.3 is 29.4 Å². The molecule has 0 rings (SSSR count). The van der Waals surface area contributed by atoms with Crippen molar-refractivity contribution in [3.8, 4) is 0 Å². The molecule has 196 valence electrons. The van der Waals surface area contributed by atoms with Crippen LogP contribution >= 0.6 is 0 Å². The van der Waals surface area contributed by atoms with Gasteiger partial charge in [-0.3, -0.25) is 0 Å². The lowest BCUT2D eigenvalue weighted by molar-refractivity contribution is -0.403. The third-order valence-corrected chi connectivity index (χ3v) is 5.48.